The maximum atomic E-state index is 14.1. The molecule has 0 aliphatic rings. The number of nitrogens with zero attached hydrogens (tertiary/aromatic N) is 2. The van der Waals surface area contributed by atoms with Gasteiger partial charge in [-0.05, 0) is 24.3 Å². The highest BCUT2D eigenvalue weighted by Crippen LogP contribution is 2.21. The van der Waals surface area contributed by atoms with Crippen molar-refractivity contribution in [1.82, 2.24) is 4.98 Å². The van der Waals surface area contributed by atoms with Gasteiger partial charge in [0.15, 0.2) is 12.8 Å². The maximum absolute atomic E-state index is 14.1. The lowest BCUT2D eigenvalue weighted by Gasteiger charge is -2.06. The monoisotopic (exact) mass is 310 g/mol. The van der Waals surface area contributed by atoms with Gasteiger partial charge in [0.05, 0.1) is 18.2 Å². The van der Waals surface area contributed by atoms with Crippen molar-refractivity contribution >= 4 is 17.1 Å². The van der Waals surface area contributed by atoms with Gasteiger partial charge < -0.3 is 9.94 Å². The first-order valence-electron chi connectivity index (χ1n) is 7.12. The Labute approximate surface area is 133 Å². The van der Waals surface area contributed by atoms with Crippen molar-refractivity contribution in [2.45, 2.75) is 6.54 Å². The number of hydrogen-bond donors (Lipinski definition) is 0. The van der Waals surface area contributed by atoms with Crippen LogP contribution in [0.15, 0.2) is 54.6 Å². The number of halogens is 1. The first kappa shape index (κ1) is 15.0. The van der Waals surface area contributed by atoms with Crippen LogP contribution in [0.4, 0.5) is 4.39 Å². The quantitative estimate of drug-likeness (QED) is 0.244. The number of pyridine rings is 1. The summed E-state index contributed by atoms with van der Waals surface area (Å²) in [4.78, 5) is 3.89. The van der Waals surface area contributed by atoms with Gasteiger partial charge in [-0.1, -0.05) is 30.3 Å². The van der Waals surface area contributed by atoms with Crippen LogP contribution in [0.3, 0.4) is 0 Å². The van der Waals surface area contributed by atoms with E-state index in [0.29, 0.717) is 21.4 Å². The molecule has 0 N–H and O–H groups in total. The van der Waals surface area contributed by atoms with Crippen LogP contribution in [-0.2, 0) is 6.54 Å². The van der Waals surface area contributed by atoms with Crippen LogP contribution in [0.5, 0.6) is 5.75 Å². The SMILES string of the molecule is COc1ccc2nc(F)c(/C=[N+](\[O-])Cc3ccccc3)cc2c1. The summed E-state index contributed by atoms with van der Waals surface area (Å²) in [7, 11) is 1.56. The second-order valence-electron chi connectivity index (χ2n) is 5.12. The van der Waals surface area contributed by atoms with Gasteiger partial charge in [0.2, 0.25) is 5.95 Å². The van der Waals surface area contributed by atoms with E-state index in [4.69, 9.17) is 4.74 Å². The van der Waals surface area contributed by atoms with E-state index < -0.39 is 5.95 Å². The summed E-state index contributed by atoms with van der Waals surface area (Å²) < 4.78 is 19.9. The first-order chi connectivity index (χ1) is 11.2. The van der Waals surface area contributed by atoms with Crippen molar-refractivity contribution in [3.05, 3.63) is 76.9 Å². The minimum absolute atomic E-state index is 0.149. The van der Waals surface area contributed by atoms with Crippen molar-refractivity contribution < 1.29 is 13.9 Å². The molecule has 116 valence electrons. The van der Waals surface area contributed by atoms with Crippen LogP contribution in [0.2, 0.25) is 0 Å². The van der Waals surface area contributed by atoms with E-state index in [9.17, 15) is 9.60 Å². The number of hydroxylamine groups is 1. The van der Waals surface area contributed by atoms with Crippen molar-refractivity contribution in [3.8, 4) is 5.75 Å². The largest absolute Gasteiger partial charge is 0.624 e. The number of benzene rings is 2. The highest BCUT2D eigenvalue weighted by atomic mass is 19.1. The van der Waals surface area contributed by atoms with Crippen molar-refractivity contribution in [2.75, 3.05) is 7.11 Å². The topological polar surface area (TPSA) is 48.2 Å². The summed E-state index contributed by atoms with van der Waals surface area (Å²) in [5.41, 5.74) is 1.52. The third-order valence-corrected chi connectivity index (χ3v) is 3.47. The Bertz CT molecular complexity index is 864. The molecular formula is C18H15FN2O2. The zero-order valence-corrected chi connectivity index (χ0v) is 12.6. The molecule has 0 spiro atoms. The molecule has 0 atom stereocenters. The molecule has 1 heterocycles. The van der Waals surface area contributed by atoms with E-state index in [0.717, 1.165) is 5.56 Å². The zero-order valence-electron chi connectivity index (χ0n) is 12.6. The summed E-state index contributed by atoms with van der Waals surface area (Å²) in [6.45, 7) is 0.149. The summed E-state index contributed by atoms with van der Waals surface area (Å²) in [5.74, 6) is -0.0169. The smallest absolute Gasteiger partial charge is 0.226 e. The predicted molar refractivity (Wildman–Crippen MR) is 87.2 cm³/mol. The van der Waals surface area contributed by atoms with Gasteiger partial charge in [-0.3, -0.25) is 0 Å². The Morgan fingerprint density at radius 2 is 1.96 bits per heavy atom. The van der Waals surface area contributed by atoms with Gasteiger partial charge in [-0.2, -0.15) is 4.39 Å². The number of rotatable bonds is 4. The van der Waals surface area contributed by atoms with Gasteiger partial charge in [0.1, 0.15) is 5.75 Å². The third kappa shape index (κ3) is 3.45. The lowest BCUT2D eigenvalue weighted by Crippen LogP contribution is -2.07. The second-order valence-corrected chi connectivity index (χ2v) is 5.12. The molecule has 23 heavy (non-hydrogen) atoms. The molecule has 0 aliphatic carbocycles. The van der Waals surface area contributed by atoms with Gasteiger partial charge in [-0.15, -0.1) is 0 Å². The van der Waals surface area contributed by atoms with E-state index in [1.165, 1.54) is 6.21 Å². The number of aromatic nitrogens is 1. The average Bonchev–Trinajstić information content (AvgIpc) is 2.56. The molecule has 0 amide bonds. The van der Waals surface area contributed by atoms with E-state index in [2.05, 4.69) is 4.98 Å². The number of ether oxygens (including phenoxy) is 1. The fourth-order valence-electron chi connectivity index (χ4n) is 2.33. The molecule has 0 radical (unpaired) electrons. The Morgan fingerprint density at radius 3 is 2.70 bits per heavy atom. The normalized spacial score (nSPS) is 11.7. The highest BCUT2D eigenvalue weighted by Gasteiger charge is 2.09. The lowest BCUT2D eigenvalue weighted by molar-refractivity contribution is -0.469. The van der Waals surface area contributed by atoms with Crippen molar-refractivity contribution in [1.29, 1.82) is 0 Å². The minimum atomic E-state index is -0.670. The molecule has 0 bridgehead atoms. The zero-order chi connectivity index (χ0) is 16.2. The van der Waals surface area contributed by atoms with Gasteiger partial charge in [0.25, 0.3) is 0 Å². The van der Waals surface area contributed by atoms with E-state index in [1.54, 1.807) is 31.4 Å². The molecule has 2 aromatic carbocycles. The fraction of sp³-hybridized carbons (Fsp3) is 0.111. The molecule has 3 aromatic rings. The van der Waals surface area contributed by atoms with Crippen LogP contribution in [0.25, 0.3) is 10.9 Å². The standard InChI is InChI=1S/C18H15FN2O2/c1-23-16-7-8-17-14(10-16)9-15(18(19)20-17)12-21(22)11-13-5-3-2-4-6-13/h2-10,12H,11H2,1H3/b21-12-. The Kier molecular flexibility index (Phi) is 4.19. The van der Waals surface area contributed by atoms with Crippen LogP contribution in [0.1, 0.15) is 11.1 Å². The summed E-state index contributed by atoms with van der Waals surface area (Å²) >= 11 is 0. The number of fused-ring (bicyclic) bond motifs is 1. The second kappa shape index (κ2) is 6.44. The lowest BCUT2D eigenvalue weighted by atomic mass is 10.1. The molecule has 0 fully saturated rings. The molecule has 4 nitrogen and oxygen atoms in total. The third-order valence-electron chi connectivity index (χ3n) is 3.47. The van der Waals surface area contributed by atoms with Crippen LogP contribution in [0, 0.1) is 11.2 Å². The summed E-state index contributed by atoms with van der Waals surface area (Å²) in [5, 5.41) is 12.7. The van der Waals surface area contributed by atoms with Crippen LogP contribution < -0.4 is 4.74 Å². The molecule has 3 rings (SSSR count). The fourth-order valence-corrected chi connectivity index (χ4v) is 2.33. The van der Waals surface area contributed by atoms with Gasteiger partial charge >= 0.3 is 0 Å². The van der Waals surface area contributed by atoms with E-state index in [1.807, 2.05) is 30.3 Å². The maximum Gasteiger partial charge on any atom is 0.226 e. The van der Waals surface area contributed by atoms with Crippen LogP contribution >= 0.6 is 0 Å². The van der Waals surface area contributed by atoms with E-state index >= 15 is 0 Å². The summed E-state index contributed by atoms with van der Waals surface area (Å²) in [6.07, 6.45) is 1.22. The first-order valence-corrected chi connectivity index (χ1v) is 7.12. The minimum Gasteiger partial charge on any atom is -0.624 e. The Morgan fingerprint density at radius 1 is 1.17 bits per heavy atom. The van der Waals surface area contributed by atoms with E-state index in [-0.39, 0.29) is 12.1 Å². The molecule has 0 aliphatic heterocycles. The number of hydrogen-bond acceptors (Lipinski definition) is 3. The molecule has 0 saturated heterocycles. The molecule has 1 aromatic heterocycles. The van der Waals surface area contributed by atoms with Crippen LogP contribution in [-0.4, -0.2) is 23.0 Å². The van der Waals surface area contributed by atoms with Crippen molar-refractivity contribution in [3.63, 3.8) is 0 Å². The van der Waals surface area contributed by atoms with Crippen molar-refractivity contribution in [2.24, 2.45) is 0 Å². The number of methoxy groups -OCH3 is 1. The Hall–Kier alpha value is -2.95. The predicted octanol–water partition coefficient (Wildman–Crippen LogP) is 3.51. The molecular weight excluding hydrogens is 295 g/mol. The van der Waals surface area contributed by atoms with Gasteiger partial charge in [0, 0.05) is 10.9 Å². The van der Waals surface area contributed by atoms with Gasteiger partial charge in [-0.25, -0.2) is 9.72 Å². The Balaban J connectivity index is 1.94. The molecule has 0 unspecified atom stereocenters. The molecule has 5 heteroatoms. The molecule has 0 saturated carbocycles. The highest BCUT2D eigenvalue weighted by molar-refractivity contribution is 5.87. The summed E-state index contributed by atoms with van der Waals surface area (Å²) in [6, 6.07) is 16.0. The average molecular weight is 310 g/mol.